The predicted octanol–water partition coefficient (Wildman–Crippen LogP) is 0.946. The lowest BCUT2D eigenvalue weighted by Crippen LogP contribution is -2.21. The van der Waals surface area contributed by atoms with Crippen LogP contribution >= 0.6 is 0 Å². The van der Waals surface area contributed by atoms with E-state index in [1.54, 1.807) is 0 Å². The molecular formula is C18H30N2O4. The number of ether oxygens (including phenoxy) is 4. The summed E-state index contributed by atoms with van der Waals surface area (Å²) in [6.45, 7) is 8.40. The molecule has 1 heterocycles. The summed E-state index contributed by atoms with van der Waals surface area (Å²) < 4.78 is 21.9. The van der Waals surface area contributed by atoms with E-state index in [1.165, 1.54) is 11.1 Å². The number of fused-ring (bicyclic) bond motifs is 2. The lowest BCUT2D eigenvalue weighted by molar-refractivity contribution is -0.00111. The lowest BCUT2D eigenvalue weighted by Gasteiger charge is -2.09. The first-order valence-corrected chi connectivity index (χ1v) is 8.75. The summed E-state index contributed by atoms with van der Waals surface area (Å²) in [5, 5.41) is 6.80. The van der Waals surface area contributed by atoms with Crippen LogP contribution in [-0.2, 0) is 32.0 Å². The zero-order chi connectivity index (χ0) is 16.7. The molecule has 6 nitrogen and oxygen atoms in total. The van der Waals surface area contributed by atoms with Crippen molar-refractivity contribution >= 4 is 0 Å². The molecule has 24 heavy (non-hydrogen) atoms. The Morgan fingerprint density at radius 1 is 0.583 bits per heavy atom. The Morgan fingerprint density at radius 2 is 1.00 bits per heavy atom. The summed E-state index contributed by atoms with van der Waals surface area (Å²) >= 11 is 0. The molecule has 1 aliphatic rings. The molecule has 2 bridgehead atoms. The Labute approximate surface area is 144 Å². The molecule has 0 aromatic heterocycles. The summed E-state index contributed by atoms with van der Waals surface area (Å²) in [6.07, 6.45) is 0. The number of benzene rings is 1. The van der Waals surface area contributed by atoms with E-state index in [9.17, 15) is 0 Å². The third-order valence-electron chi connectivity index (χ3n) is 3.61. The zero-order valence-electron chi connectivity index (χ0n) is 14.4. The van der Waals surface area contributed by atoms with Gasteiger partial charge in [0, 0.05) is 26.2 Å². The van der Waals surface area contributed by atoms with E-state index in [0.717, 1.165) is 26.2 Å². The van der Waals surface area contributed by atoms with Crippen LogP contribution in [-0.4, -0.2) is 65.9 Å². The maximum Gasteiger partial charge on any atom is 0.0701 e. The Morgan fingerprint density at radius 3 is 1.46 bits per heavy atom. The van der Waals surface area contributed by atoms with Gasteiger partial charge in [-0.1, -0.05) is 24.3 Å². The first kappa shape index (κ1) is 19.3. The van der Waals surface area contributed by atoms with Gasteiger partial charge in [0.2, 0.25) is 0 Å². The van der Waals surface area contributed by atoms with Crippen LogP contribution < -0.4 is 10.6 Å². The average Bonchev–Trinajstić information content (AvgIpc) is 2.60. The van der Waals surface area contributed by atoms with Gasteiger partial charge in [0.05, 0.1) is 52.9 Å². The maximum absolute atomic E-state index is 5.53. The van der Waals surface area contributed by atoms with Gasteiger partial charge in [-0.3, -0.25) is 0 Å². The number of hydrogen-bond donors (Lipinski definition) is 2. The quantitative estimate of drug-likeness (QED) is 0.734. The van der Waals surface area contributed by atoms with E-state index in [4.69, 9.17) is 18.9 Å². The van der Waals surface area contributed by atoms with Crippen molar-refractivity contribution in [2.75, 3.05) is 65.9 Å². The highest BCUT2D eigenvalue weighted by atomic mass is 16.6. The van der Waals surface area contributed by atoms with Crippen molar-refractivity contribution in [1.82, 2.24) is 10.6 Å². The van der Waals surface area contributed by atoms with E-state index in [2.05, 4.69) is 34.9 Å². The predicted molar refractivity (Wildman–Crippen MR) is 93.1 cm³/mol. The highest BCUT2D eigenvalue weighted by molar-refractivity contribution is 5.23. The van der Waals surface area contributed by atoms with Crippen LogP contribution in [0.3, 0.4) is 0 Å². The molecule has 0 amide bonds. The van der Waals surface area contributed by atoms with Gasteiger partial charge in [0.1, 0.15) is 0 Å². The van der Waals surface area contributed by atoms with Gasteiger partial charge >= 0.3 is 0 Å². The summed E-state index contributed by atoms with van der Waals surface area (Å²) in [5.41, 5.74) is 2.58. The topological polar surface area (TPSA) is 61.0 Å². The average molecular weight is 338 g/mol. The van der Waals surface area contributed by atoms with E-state index in [-0.39, 0.29) is 0 Å². The summed E-state index contributed by atoms with van der Waals surface area (Å²) in [6, 6.07) is 8.62. The SMILES string of the molecule is c1cc2cc(c1)CNCCOCCOCCOCCOCCNC2. The monoisotopic (exact) mass is 338 g/mol. The fourth-order valence-corrected chi connectivity index (χ4v) is 2.37. The third kappa shape index (κ3) is 9.32. The second-order valence-corrected chi connectivity index (χ2v) is 5.62. The second kappa shape index (κ2) is 13.3. The molecular weight excluding hydrogens is 308 g/mol. The number of hydrogen-bond acceptors (Lipinski definition) is 6. The van der Waals surface area contributed by atoms with Crippen molar-refractivity contribution in [3.8, 4) is 0 Å². The molecule has 0 saturated carbocycles. The highest BCUT2D eigenvalue weighted by Crippen LogP contribution is 2.04. The summed E-state index contributed by atoms with van der Waals surface area (Å²) in [7, 11) is 0. The van der Waals surface area contributed by atoms with Gasteiger partial charge in [-0.15, -0.1) is 0 Å². The molecule has 0 saturated heterocycles. The van der Waals surface area contributed by atoms with Crippen LogP contribution in [0.25, 0.3) is 0 Å². The van der Waals surface area contributed by atoms with Gasteiger partial charge in [0.15, 0.2) is 0 Å². The minimum Gasteiger partial charge on any atom is -0.378 e. The second-order valence-electron chi connectivity index (χ2n) is 5.62. The van der Waals surface area contributed by atoms with Crippen LogP contribution in [0.15, 0.2) is 24.3 Å². The van der Waals surface area contributed by atoms with Crippen molar-refractivity contribution in [3.63, 3.8) is 0 Å². The van der Waals surface area contributed by atoms with Crippen LogP contribution in [0.5, 0.6) is 0 Å². The zero-order valence-corrected chi connectivity index (χ0v) is 14.4. The molecule has 0 spiro atoms. The Kier molecular flexibility index (Phi) is 10.7. The summed E-state index contributed by atoms with van der Waals surface area (Å²) in [5.74, 6) is 0. The summed E-state index contributed by atoms with van der Waals surface area (Å²) in [4.78, 5) is 0. The van der Waals surface area contributed by atoms with Gasteiger partial charge in [-0.2, -0.15) is 0 Å². The van der Waals surface area contributed by atoms with E-state index >= 15 is 0 Å². The van der Waals surface area contributed by atoms with Crippen molar-refractivity contribution in [1.29, 1.82) is 0 Å². The smallest absolute Gasteiger partial charge is 0.0701 e. The normalized spacial score (nSPS) is 20.8. The molecule has 2 rings (SSSR count). The first-order chi connectivity index (χ1) is 11.9. The first-order valence-electron chi connectivity index (χ1n) is 8.75. The molecule has 0 atom stereocenters. The minimum atomic E-state index is 0.596. The van der Waals surface area contributed by atoms with Crippen molar-refractivity contribution in [2.45, 2.75) is 13.1 Å². The maximum atomic E-state index is 5.53. The Hall–Kier alpha value is -1.02. The third-order valence-corrected chi connectivity index (χ3v) is 3.61. The molecule has 1 aromatic rings. The lowest BCUT2D eigenvalue weighted by atomic mass is 10.1. The molecule has 0 radical (unpaired) electrons. The van der Waals surface area contributed by atoms with Gasteiger partial charge < -0.3 is 29.6 Å². The van der Waals surface area contributed by atoms with E-state index < -0.39 is 0 Å². The highest BCUT2D eigenvalue weighted by Gasteiger charge is 1.98. The van der Waals surface area contributed by atoms with Crippen LogP contribution in [0.4, 0.5) is 0 Å². The molecule has 6 heteroatoms. The van der Waals surface area contributed by atoms with Crippen molar-refractivity contribution in [2.24, 2.45) is 0 Å². The number of rotatable bonds is 0. The van der Waals surface area contributed by atoms with E-state index in [1.807, 2.05) is 0 Å². The molecule has 1 aliphatic heterocycles. The fourth-order valence-electron chi connectivity index (χ4n) is 2.37. The van der Waals surface area contributed by atoms with Gasteiger partial charge in [-0.05, 0) is 11.1 Å². The van der Waals surface area contributed by atoms with Crippen LogP contribution in [0.1, 0.15) is 11.1 Å². The van der Waals surface area contributed by atoms with Crippen molar-refractivity contribution in [3.05, 3.63) is 35.4 Å². The Balaban J connectivity index is 1.72. The van der Waals surface area contributed by atoms with Crippen LogP contribution in [0.2, 0.25) is 0 Å². The largest absolute Gasteiger partial charge is 0.378 e. The molecule has 0 fully saturated rings. The van der Waals surface area contributed by atoms with E-state index in [0.29, 0.717) is 52.9 Å². The van der Waals surface area contributed by atoms with Gasteiger partial charge in [-0.25, -0.2) is 0 Å². The molecule has 0 unspecified atom stereocenters. The van der Waals surface area contributed by atoms with Gasteiger partial charge in [0.25, 0.3) is 0 Å². The molecule has 136 valence electrons. The number of nitrogens with one attached hydrogen (secondary N) is 2. The molecule has 1 aromatic carbocycles. The minimum absolute atomic E-state index is 0.596. The Bertz CT molecular complexity index is 396. The van der Waals surface area contributed by atoms with Crippen molar-refractivity contribution < 1.29 is 18.9 Å². The molecule has 2 N–H and O–H groups in total. The molecule has 0 aliphatic carbocycles. The van der Waals surface area contributed by atoms with Crippen LogP contribution in [0, 0.1) is 0 Å². The fraction of sp³-hybridized carbons (Fsp3) is 0.667. The standard InChI is InChI=1S/C18H30N2O4/c1-2-17-14-18(3-1)16-20-5-7-22-9-11-24-13-12-23-10-8-21-6-4-19-15-17/h1-3,14,19-20H,4-13,15-16H2.